The van der Waals surface area contributed by atoms with E-state index < -0.39 is 0 Å². The molecule has 4 rings (SSSR count). The zero-order valence-corrected chi connectivity index (χ0v) is 15.4. The maximum absolute atomic E-state index is 14.2. The van der Waals surface area contributed by atoms with Crippen LogP contribution in [0.1, 0.15) is 55.0 Å². The number of phenols is 1. The highest BCUT2D eigenvalue weighted by molar-refractivity contribution is 5.89. The highest BCUT2D eigenvalue weighted by Gasteiger charge is 2.34. The summed E-state index contributed by atoms with van der Waals surface area (Å²) in [4.78, 5) is 13.4. The lowest BCUT2D eigenvalue weighted by Crippen LogP contribution is -2.25. The number of hydrogen-bond acceptors (Lipinski definition) is 4. The van der Waals surface area contributed by atoms with Crippen LogP contribution in [0.15, 0.2) is 36.4 Å². The number of aromatic hydroxyl groups is 1. The second-order valence-electron chi connectivity index (χ2n) is 7.33. The van der Waals surface area contributed by atoms with Crippen molar-refractivity contribution in [1.82, 2.24) is 5.32 Å². The molecule has 2 aromatic rings. The smallest absolute Gasteiger partial charge is 0.414 e. The molecule has 2 aliphatic rings. The molecule has 142 valence electrons. The summed E-state index contributed by atoms with van der Waals surface area (Å²) in [5, 5.41) is 13.8. The molecule has 1 fully saturated rings. The molecule has 1 heterocycles. The van der Waals surface area contributed by atoms with E-state index in [0.717, 1.165) is 17.7 Å². The van der Waals surface area contributed by atoms with Crippen molar-refractivity contribution in [1.29, 1.82) is 0 Å². The summed E-state index contributed by atoms with van der Waals surface area (Å²) in [7, 11) is 0. The average Bonchev–Trinajstić information content (AvgIpc) is 3.22. The van der Waals surface area contributed by atoms with Gasteiger partial charge >= 0.3 is 6.09 Å². The molecule has 3 unspecified atom stereocenters. The van der Waals surface area contributed by atoms with Crippen LogP contribution in [0.5, 0.6) is 5.75 Å². The van der Waals surface area contributed by atoms with Crippen molar-refractivity contribution in [3.63, 3.8) is 0 Å². The van der Waals surface area contributed by atoms with Crippen LogP contribution in [0.25, 0.3) is 0 Å². The van der Waals surface area contributed by atoms with Crippen molar-refractivity contribution >= 4 is 11.8 Å². The fraction of sp³-hybridized carbons (Fsp3) is 0.381. The lowest BCUT2D eigenvalue weighted by molar-refractivity contribution is 0.181. The molecule has 2 N–H and O–H groups in total. The third kappa shape index (κ3) is 3.14. The van der Waals surface area contributed by atoms with Crippen LogP contribution in [0.3, 0.4) is 0 Å². The number of fused-ring (bicyclic) bond motifs is 1. The van der Waals surface area contributed by atoms with Gasteiger partial charge in [-0.05, 0) is 54.7 Å². The summed E-state index contributed by atoms with van der Waals surface area (Å²) in [5.74, 6) is -0.0849. The van der Waals surface area contributed by atoms with Crippen molar-refractivity contribution in [2.45, 2.75) is 38.3 Å². The second kappa shape index (κ2) is 6.85. The second-order valence-corrected chi connectivity index (χ2v) is 7.33. The van der Waals surface area contributed by atoms with Gasteiger partial charge in [-0.2, -0.15) is 0 Å². The number of hydrogen-bond donors (Lipinski definition) is 2. The molecule has 0 saturated carbocycles. The zero-order valence-electron chi connectivity index (χ0n) is 15.4. The Hall–Kier alpha value is -2.60. The standard InChI is InChI=1S/C21H23FN2O3/c1-12-10-17(20-18(25)7-6-16(22)19(12)20)23-13(2)14-4-3-5-15(11-14)24-8-9-27-21(24)26/h3-7,11-13,17,23,25H,8-10H2,1-2H3. The maximum atomic E-state index is 14.2. The van der Waals surface area contributed by atoms with Gasteiger partial charge in [-0.25, -0.2) is 9.18 Å². The molecular formula is C21H23FN2O3. The quantitative estimate of drug-likeness (QED) is 0.838. The number of amides is 1. The summed E-state index contributed by atoms with van der Waals surface area (Å²) < 4.78 is 19.2. The van der Waals surface area contributed by atoms with Crippen LogP contribution in [0.2, 0.25) is 0 Å². The molecule has 0 bridgehead atoms. The lowest BCUT2D eigenvalue weighted by atomic mass is 10.0. The summed E-state index contributed by atoms with van der Waals surface area (Å²) >= 11 is 0. The maximum Gasteiger partial charge on any atom is 0.414 e. The van der Waals surface area contributed by atoms with Crippen molar-refractivity contribution in [2.24, 2.45) is 0 Å². The van der Waals surface area contributed by atoms with Crippen LogP contribution < -0.4 is 10.2 Å². The Kier molecular flexibility index (Phi) is 4.52. The van der Waals surface area contributed by atoms with E-state index in [9.17, 15) is 14.3 Å². The number of ether oxygens (including phenoxy) is 1. The number of phenolic OH excluding ortho intramolecular Hbond substituents is 1. The van der Waals surface area contributed by atoms with Crippen LogP contribution in [-0.2, 0) is 4.74 Å². The molecular weight excluding hydrogens is 347 g/mol. The molecule has 1 saturated heterocycles. The Bertz CT molecular complexity index is 886. The normalized spacial score (nSPS) is 22.6. The predicted molar refractivity (Wildman–Crippen MR) is 101 cm³/mol. The Balaban J connectivity index is 1.57. The topological polar surface area (TPSA) is 61.8 Å². The van der Waals surface area contributed by atoms with Crippen LogP contribution >= 0.6 is 0 Å². The summed E-state index contributed by atoms with van der Waals surface area (Å²) in [5.41, 5.74) is 3.09. The Morgan fingerprint density at radius 3 is 2.85 bits per heavy atom. The number of halogens is 1. The first kappa shape index (κ1) is 17.8. The monoisotopic (exact) mass is 370 g/mol. The SMILES string of the molecule is CC1CC(NC(C)c2cccc(N3CCOC3=O)c2)c2c(O)ccc(F)c21. The fourth-order valence-electron chi connectivity index (χ4n) is 4.19. The van der Waals surface area contributed by atoms with E-state index in [2.05, 4.69) is 5.32 Å². The number of carbonyl (C=O) groups excluding carboxylic acids is 1. The van der Waals surface area contributed by atoms with E-state index in [0.29, 0.717) is 24.3 Å². The van der Waals surface area contributed by atoms with E-state index in [4.69, 9.17) is 4.74 Å². The lowest BCUT2D eigenvalue weighted by Gasteiger charge is -2.23. The fourth-order valence-corrected chi connectivity index (χ4v) is 4.19. The Labute approximate surface area is 157 Å². The third-order valence-corrected chi connectivity index (χ3v) is 5.54. The van der Waals surface area contributed by atoms with E-state index in [-0.39, 0.29) is 35.7 Å². The minimum absolute atomic E-state index is 0.0330. The number of nitrogens with zero attached hydrogens (tertiary/aromatic N) is 1. The van der Waals surface area contributed by atoms with Gasteiger partial charge in [0.25, 0.3) is 0 Å². The highest BCUT2D eigenvalue weighted by Crippen LogP contribution is 2.46. The number of cyclic esters (lactones) is 1. The van der Waals surface area contributed by atoms with Crippen molar-refractivity contribution in [3.8, 4) is 5.75 Å². The van der Waals surface area contributed by atoms with Gasteiger partial charge in [0.2, 0.25) is 0 Å². The van der Waals surface area contributed by atoms with E-state index >= 15 is 0 Å². The molecule has 2 aromatic carbocycles. The first-order valence-corrected chi connectivity index (χ1v) is 9.27. The molecule has 5 nitrogen and oxygen atoms in total. The van der Waals surface area contributed by atoms with Gasteiger partial charge in [0.1, 0.15) is 18.2 Å². The van der Waals surface area contributed by atoms with E-state index in [1.807, 2.05) is 38.1 Å². The summed E-state index contributed by atoms with van der Waals surface area (Å²) in [6.45, 7) is 4.96. The van der Waals surface area contributed by atoms with Gasteiger partial charge in [0.05, 0.1) is 6.54 Å². The number of anilines is 1. The number of rotatable bonds is 4. The largest absolute Gasteiger partial charge is 0.508 e. The summed E-state index contributed by atoms with van der Waals surface area (Å²) in [6, 6.07) is 10.4. The van der Waals surface area contributed by atoms with Gasteiger partial charge in [-0.1, -0.05) is 19.1 Å². The third-order valence-electron chi connectivity index (χ3n) is 5.54. The van der Waals surface area contributed by atoms with Crippen LogP contribution in [0, 0.1) is 5.82 Å². The van der Waals surface area contributed by atoms with Gasteiger partial charge in [0, 0.05) is 23.3 Å². The number of carbonyl (C=O) groups is 1. The predicted octanol–water partition coefficient (Wildman–Crippen LogP) is 4.39. The molecule has 27 heavy (non-hydrogen) atoms. The Morgan fingerprint density at radius 2 is 2.11 bits per heavy atom. The minimum Gasteiger partial charge on any atom is -0.508 e. The average molecular weight is 370 g/mol. The Morgan fingerprint density at radius 1 is 1.30 bits per heavy atom. The first-order valence-electron chi connectivity index (χ1n) is 9.27. The van der Waals surface area contributed by atoms with E-state index in [1.54, 1.807) is 4.90 Å². The van der Waals surface area contributed by atoms with Gasteiger partial charge in [-0.15, -0.1) is 0 Å². The number of benzene rings is 2. The van der Waals surface area contributed by atoms with Crippen molar-refractivity contribution in [2.75, 3.05) is 18.1 Å². The van der Waals surface area contributed by atoms with Crippen LogP contribution in [-0.4, -0.2) is 24.4 Å². The van der Waals surface area contributed by atoms with Crippen molar-refractivity contribution < 1.29 is 19.0 Å². The van der Waals surface area contributed by atoms with Gasteiger partial charge in [-0.3, -0.25) is 4.90 Å². The van der Waals surface area contributed by atoms with Crippen molar-refractivity contribution in [3.05, 3.63) is 58.9 Å². The van der Waals surface area contributed by atoms with Gasteiger partial charge in [0.15, 0.2) is 0 Å². The van der Waals surface area contributed by atoms with Crippen LogP contribution in [0.4, 0.5) is 14.9 Å². The molecule has 6 heteroatoms. The molecule has 1 aliphatic carbocycles. The molecule has 0 spiro atoms. The first-order chi connectivity index (χ1) is 13.0. The number of nitrogens with one attached hydrogen (secondary N) is 1. The molecule has 3 atom stereocenters. The summed E-state index contributed by atoms with van der Waals surface area (Å²) in [6.07, 6.45) is 0.401. The molecule has 1 aliphatic heterocycles. The molecule has 0 aromatic heterocycles. The molecule has 0 radical (unpaired) electrons. The highest BCUT2D eigenvalue weighted by atomic mass is 19.1. The zero-order chi connectivity index (χ0) is 19.1. The van der Waals surface area contributed by atoms with Gasteiger partial charge < -0.3 is 15.2 Å². The molecule has 1 amide bonds. The minimum atomic E-state index is -0.327. The van der Waals surface area contributed by atoms with E-state index in [1.165, 1.54) is 12.1 Å².